The molecule has 0 aromatic heterocycles. The van der Waals surface area contributed by atoms with Gasteiger partial charge in [0.1, 0.15) is 5.75 Å². The zero-order valence-electron chi connectivity index (χ0n) is 10.7. The summed E-state index contributed by atoms with van der Waals surface area (Å²) in [5.41, 5.74) is 8.24. The number of esters is 1. The maximum Gasteiger partial charge on any atom is 0.347 e. The van der Waals surface area contributed by atoms with E-state index < -0.39 is 6.10 Å². The molecule has 0 heterocycles. The number of nitrogens with two attached hydrogens (primary N) is 1. The second kappa shape index (κ2) is 5.57. The number of rotatable bonds is 4. The molecule has 4 heteroatoms. The van der Waals surface area contributed by atoms with Crippen molar-refractivity contribution >= 4 is 11.7 Å². The number of aryl methyl sites for hydroxylation is 2. The molecule has 0 aliphatic rings. The summed E-state index contributed by atoms with van der Waals surface area (Å²) in [6, 6.07) is 3.64. The summed E-state index contributed by atoms with van der Waals surface area (Å²) in [5.74, 6) is 0.336. The minimum atomic E-state index is -0.615. The van der Waals surface area contributed by atoms with Gasteiger partial charge in [-0.2, -0.15) is 0 Å². The molecule has 4 nitrogen and oxygen atoms in total. The van der Waals surface area contributed by atoms with Crippen LogP contribution in [0.3, 0.4) is 0 Å². The number of carbonyl (C=O) groups is 1. The molecule has 0 aliphatic heterocycles. The molecule has 0 unspecified atom stereocenters. The standard InChI is InChI=1S/C13H19NO3/c1-5-16-13(15)10(4)17-12-8(2)6-11(14)7-9(12)3/h6-7,10H,5,14H2,1-4H3/t10-/m1/s1. The highest BCUT2D eigenvalue weighted by Crippen LogP contribution is 2.26. The van der Waals surface area contributed by atoms with E-state index in [0.717, 1.165) is 11.1 Å². The lowest BCUT2D eigenvalue weighted by atomic mass is 10.1. The molecule has 0 saturated carbocycles. The van der Waals surface area contributed by atoms with Crippen LogP contribution in [0.4, 0.5) is 5.69 Å². The van der Waals surface area contributed by atoms with Gasteiger partial charge in [0.15, 0.2) is 6.10 Å². The van der Waals surface area contributed by atoms with Gasteiger partial charge in [-0.15, -0.1) is 0 Å². The van der Waals surface area contributed by atoms with Gasteiger partial charge in [-0.3, -0.25) is 0 Å². The number of ether oxygens (including phenoxy) is 2. The Morgan fingerprint density at radius 1 is 1.35 bits per heavy atom. The number of benzene rings is 1. The maximum absolute atomic E-state index is 11.5. The number of nitrogen functional groups attached to an aromatic ring is 1. The average Bonchev–Trinajstić information content (AvgIpc) is 2.23. The van der Waals surface area contributed by atoms with E-state index >= 15 is 0 Å². The van der Waals surface area contributed by atoms with E-state index in [-0.39, 0.29) is 5.97 Å². The summed E-state index contributed by atoms with van der Waals surface area (Å²) >= 11 is 0. The van der Waals surface area contributed by atoms with Crippen LogP contribution in [0, 0.1) is 13.8 Å². The first-order chi connectivity index (χ1) is 7.95. The summed E-state index contributed by atoms with van der Waals surface area (Å²) in [6.07, 6.45) is -0.615. The highest BCUT2D eigenvalue weighted by atomic mass is 16.6. The van der Waals surface area contributed by atoms with Crippen LogP contribution in [0.1, 0.15) is 25.0 Å². The zero-order chi connectivity index (χ0) is 13.0. The number of anilines is 1. The number of hydrogen-bond donors (Lipinski definition) is 1. The molecule has 0 bridgehead atoms. The van der Waals surface area contributed by atoms with E-state index in [9.17, 15) is 4.79 Å². The molecule has 1 aromatic rings. The first-order valence-corrected chi connectivity index (χ1v) is 5.65. The van der Waals surface area contributed by atoms with Crippen LogP contribution in [0.5, 0.6) is 5.75 Å². The lowest BCUT2D eigenvalue weighted by Crippen LogP contribution is -2.26. The third-order valence-electron chi connectivity index (χ3n) is 2.40. The monoisotopic (exact) mass is 237 g/mol. The number of carbonyl (C=O) groups excluding carboxylic acids is 1. The Labute approximate surface area is 102 Å². The minimum absolute atomic E-state index is 0.353. The van der Waals surface area contributed by atoms with Crippen LogP contribution >= 0.6 is 0 Å². The van der Waals surface area contributed by atoms with E-state index in [0.29, 0.717) is 18.0 Å². The van der Waals surface area contributed by atoms with Crippen molar-refractivity contribution in [3.05, 3.63) is 23.3 Å². The molecule has 0 saturated heterocycles. The molecule has 17 heavy (non-hydrogen) atoms. The van der Waals surface area contributed by atoms with Gasteiger partial charge in [-0.1, -0.05) is 0 Å². The topological polar surface area (TPSA) is 61.5 Å². The summed E-state index contributed by atoms with van der Waals surface area (Å²) in [7, 11) is 0. The minimum Gasteiger partial charge on any atom is -0.478 e. The third kappa shape index (κ3) is 3.37. The molecule has 1 rings (SSSR count). The lowest BCUT2D eigenvalue weighted by Gasteiger charge is -2.17. The van der Waals surface area contributed by atoms with Crippen molar-refractivity contribution in [2.75, 3.05) is 12.3 Å². The van der Waals surface area contributed by atoms with Crippen molar-refractivity contribution in [3.8, 4) is 5.75 Å². The first-order valence-electron chi connectivity index (χ1n) is 5.65. The molecular weight excluding hydrogens is 218 g/mol. The maximum atomic E-state index is 11.5. The smallest absolute Gasteiger partial charge is 0.347 e. The van der Waals surface area contributed by atoms with Crippen molar-refractivity contribution in [1.29, 1.82) is 0 Å². The zero-order valence-corrected chi connectivity index (χ0v) is 10.7. The molecular formula is C13H19NO3. The van der Waals surface area contributed by atoms with Gasteiger partial charge in [0.2, 0.25) is 0 Å². The Morgan fingerprint density at radius 2 is 1.88 bits per heavy atom. The van der Waals surface area contributed by atoms with Gasteiger partial charge in [-0.25, -0.2) is 4.79 Å². The largest absolute Gasteiger partial charge is 0.478 e. The van der Waals surface area contributed by atoms with E-state index in [1.807, 2.05) is 26.0 Å². The summed E-state index contributed by atoms with van der Waals surface area (Å²) in [4.78, 5) is 11.5. The molecule has 0 fully saturated rings. The van der Waals surface area contributed by atoms with E-state index in [2.05, 4.69) is 0 Å². The average molecular weight is 237 g/mol. The summed E-state index contributed by atoms with van der Waals surface area (Å²) in [6.45, 7) is 7.59. The Bertz CT molecular complexity index is 392. The van der Waals surface area contributed by atoms with Crippen molar-refractivity contribution < 1.29 is 14.3 Å². The number of hydrogen-bond acceptors (Lipinski definition) is 4. The van der Waals surface area contributed by atoms with Crippen LogP contribution in [0.25, 0.3) is 0 Å². The molecule has 1 atom stereocenters. The van der Waals surface area contributed by atoms with Crippen LogP contribution in [-0.4, -0.2) is 18.7 Å². The second-order valence-electron chi connectivity index (χ2n) is 4.00. The van der Waals surface area contributed by atoms with E-state index in [1.54, 1.807) is 13.8 Å². The van der Waals surface area contributed by atoms with Gasteiger partial charge >= 0.3 is 5.97 Å². The van der Waals surface area contributed by atoms with E-state index in [1.165, 1.54) is 0 Å². The lowest BCUT2D eigenvalue weighted by molar-refractivity contribution is -0.150. The normalized spacial score (nSPS) is 12.0. The Balaban J connectivity index is 2.85. The fourth-order valence-electron chi connectivity index (χ4n) is 1.65. The van der Waals surface area contributed by atoms with Crippen molar-refractivity contribution in [2.45, 2.75) is 33.8 Å². The van der Waals surface area contributed by atoms with E-state index in [4.69, 9.17) is 15.2 Å². The summed E-state index contributed by atoms with van der Waals surface area (Å²) in [5, 5.41) is 0. The van der Waals surface area contributed by atoms with Gasteiger partial charge in [-0.05, 0) is 51.0 Å². The molecule has 0 radical (unpaired) electrons. The van der Waals surface area contributed by atoms with Crippen molar-refractivity contribution in [1.82, 2.24) is 0 Å². The van der Waals surface area contributed by atoms with Crippen molar-refractivity contribution in [3.63, 3.8) is 0 Å². The quantitative estimate of drug-likeness (QED) is 0.644. The van der Waals surface area contributed by atoms with Gasteiger partial charge in [0.25, 0.3) is 0 Å². The highest BCUT2D eigenvalue weighted by Gasteiger charge is 2.17. The highest BCUT2D eigenvalue weighted by molar-refractivity contribution is 5.74. The fourth-order valence-corrected chi connectivity index (χ4v) is 1.65. The molecule has 0 amide bonds. The second-order valence-corrected chi connectivity index (χ2v) is 4.00. The van der Waals surface area contributed by atoms with Crippen LogP contribution in [0.2, 0.25) is 0 Å². The summed E-state index contributed by atoms with van der Waals surface area (Å²) < 4.78 is 10.5. The molecule has 2 N–H and O–H groups in total. The first kappa shape index (κ1) is 13.4. The van der Waals surface area contributed by atoms with Crippen LogP contribution in [0.15, 0.2) is 12.1 Å². The fraction of sp³-hybridized carbons (Fsp3) is 0.462. The molecule has 1 aromatic carbocycles. The molecule has 94 valence electrons. The SMILES string of the molecule is CCOC(=O)[C@@H](C)Oc1c(C)cc(N)cc1C. The Morgan fingerprint density at radius 3 is 2.35 bits per heavy atom. The predicted octanol–water partition coefficient (Wildman–Crippen LogP) is 2.22. The van der Waals surface area contributed by atoms with Gasteiger partial charge < -0.3 is 15.2 Å². The third-order valence-corrected chi connectivity index (χ3v) is 2.40. The predicted molar refractivity (Wildman–Crippen MR) is 67.1 cm³/mol. The molecule has 0 spiro atoms. The van der Waals surface area contributed by atoms with Gasteiger partial charge in [0.05, 0.1) is 6.61 Å². The Hall–Kier alpha value is -1.71. The van der Waals surface area contributed by atoms with Crippen LogP contribution < -0.4 is 10.5 Å². The Kier molecular flexibility index (Phi) is 4.37. The van der Waals surface area contributed by atoms with Crippen molar-refractivity contribution in [2.24, 2.45) is 0 Å². The van der Waals surface area contributed by atoms with Crippen LogP contribution in [-0.2, 0) is 9.53 Å². The van der Waals surface area contributed by atoms with Gasteiger partial charge in [0, 0.05) is 5.69 Å². The molecule has 0 aliphatic carbocycles.